The molecular formula is C11H8Cl2FN3O2S. The number of nitrogens with zero attached hydrogens (tertiary/aromatic N) is 1. The standard InChI is InChI=1S/C11H8Cl2FN3O2S/c12-5-1-4(14)2-6(13)9(5)17-11-16-7(3-20-11)8(15)10(18)19/h1-3,8H,15H2,(H,16,17)(H,18,19). The van der Waals surface area contributed by atoms with Gasteiger partial charge in [0.05, 0.1) is 21.4 Å². The van der Waals surface area contributed by atoms with Gasteiger partial charge in [0.25, 0.3) is 0 Å². The Bertz CT molecular complexity index is 642. The number of hydrogen-bond acceptors (Lipinski definition) is 5. The Morgan fingerprint density at radius 2 is 2.05 bits per heavy atom. The predicted molar refractivity (Wildman–Crippen MR) is 76.4 cm³/mol. The molecule has 0 aliphatic carbocycles. The van der Waals surface area contributed by atoms with E-state index in [-0.39, 0.29) is 15.7 Å². The van der Waals surface area contributed by atoms with Gasteiger partial charge in [-0.15, -0.1) is 11.3 Å². The lowest BCUT2D eigenvalue weighted by Crippen LogP contribution is -2.20. The molecule has 0 bridgehead atoms. The molecule has 5 nitrogen and oxygen atoms in total. The number of hydrogen-bond donors (Lipinski definition) is 3. The summed E-state index contributed by atoms with van der Waals surface area (Å²) in [5, 5.41) is 13.6. The number of halogens is 3. The molecule has 0 saturated carbocycles. The van der Waals surface area contributed by atoms with Gasteiger partial charge >= 0.3 is 5.97 Å². The number of aromatic nitrogens is 1. The molecule has 9 heteroatoms. The molecule has 0 spiro atoms. The van der Waals surface area contributed by atoms with Crippen LogP contribution in [-0.4, -0.2) is 16.1 Å². The fourth-order valence-corrected chi connectivity index (χ4v) is 2.69. The third-order valence-electron chi connectivity index (χ3n) is 2.35. The first-order chi connectivity index (χ1) is 9.38. The Kier molecular flexibility index (Phi) is 4.44. The van der Waals surface area contributed by atoms with Crippen LogP contribution in [0, 0.1) is 5.82 Å². The number of benzene rings is 1. The van der Waals surface area contributed by atoms with Crippen molar-refractivity contribution in [1.82, 2.24) is 4.98 Å². The van der Waals surface area contributed by atoms with Gasteiger partial charge < -0.3 is 16.2 Å². The number of rotatable bonds is 4. The molecule has 1 aromatic carbocycles. The van der Waals surface area contributed by atoms with Crippen LogP contribution in [0.1, 0.15) is 11.7 Å². The highest BCUT2D eigenvalue weighted by molar-refractivity contribution is 7.13. The first-order valence-corrected chi connectivity index (χ1v) is 6.87. The lowest BCUT2D eigenvalue weighted by molar-refractivity contribution is -0.138. The third-order valence-corrected chi connectivity index (χ3v) is 3.72. The number of carboxylic acids is 1. The van der Waals surface area contributed by atoms with Crippen molar-refractivity contribution in [3.8, 4) is 0 Å². The van der Waals surface area contributed by atoms with Crippen LogP contribution < -0.4 is 11.1 Å². The summed E-state index contributed by atoms with van der Waals surface area (Å²) in [5.41, 5.74) is 5.94. The van der Waals surface area contributed by atoms with Gasteiger partial charge in [-0.1, -0.05) is 23.2 Å². The highest BCUT2D eigenvalue weighted by Gasteiger charge is 2.18. The van der Waals surface area contributed by atoms with E-state index in [1.807, 2.05) is 0 Å². The molecule has 0 aliphatic rings. The number of nitrogens with two attached hydrogens (primary N) is 1. The molecular weight excluding hydrogens is 328 g/mol. The van der Waals surface area contributed by atoms with E-state index >= 15 is 0 Å². The van der Waals surface area contributed by atoms with Gasteiger partial charge in [0.15, 0.2) is 5.13 Å². The van der Waals surface area contributed by atoms with E-state index in [0.717, 1.165) is 23.5 Å². The monoisotopic (exact) mass is 335 g/mol. The van der Waals surface area contributed by atoms with Gasteiger partial charge in [-0.25, -0.2) is 9.37 Å². The Morgan fingerprint density at radius 3 is 2.60 bits per heavy atom. The van der Waals surface area contributed by atoms with E-state index in [4.69, 9.17) is 34.0 Å². The lowest BCUT2D eigenvalue weighted by atomic mass is 10.2. The van der Waals surface area contributed by atoms with E-state index in [9.17, 15) is 9.18 Å². The van der Waals surface area contributed by atoms with Gasteiger partial charge in [-0.05, 0) is 12.1 Å². The second-order valence-corrected chi connectivity index (χ2v) is 5.44. The molecule has 4 N–H and O–H groups in total. The summed E-state index contributed by atoms with van der Waals surface area (Å²) in [6.07, 6.45) is 0. The highest BCUT2D eigenvalue weighted by atomic mass is 35.5. The minimum absolute atomic E-state index is 0.0919. The Balaban J connectivity index is 2.25. The second kappa shape index (κ2) is 5.92. The normalized spacial score (nSPS) is 12.2. The fraction of sp³-hybridized carbons (Fsp3) is 0.0909. The summed E-state index contributed by atoms with van der Waals surface area (Å²) >= 11 is 12.9. The zero-order valence-electron chi connectivity index (χ0n) is 9.73. The van der Waals surface area contributed by atoms with Gasteiger partial charge in [0.2, 0.25) is 0 Å². The summed E-state index contributed by atoms with van der Waals surface area (Å²) in [6.45, 7) is 0. The van der Waals surface area contributed by atoms with Crippen molar-refractivity contribution in [3.05, 3.63) is 39.1 Å². The average Bonchev–Trinajstić information content (AvgIpc) is 2.81. The van der Waals surface area contributed by atoms with Gasteiger partial charge in [-0.3, -0.25) is 4.79 Å². The molecule has 1 aromatic heterocycles. The van der Waals surface area contributed by atoms with Crippen molar-refractivity contribution < 1.29 is 14.3 Å². The molecule has 1 atom stereocenters. The van der Waals surface area contributed by atoms with Crippen LogP contribution >= 0.6 is 34.5 Å². The van der Waals surface area contributed by atoms with Crippen LogP contribution in [0.2, 0.25) is 10.0 Å². The summed E-state index contributed by atoms with van der Waals surface area (Å²) in [5.74, 6) is -1.74. The van der Waals surface area contributed by atoms with E-state index in [1.54, 1.807) is 0 Å². The zero-order chi connectivity index (χ0) is 14.9. The number of aliphatic carboxylic acids is 1. The SMILES string of the molecule is NC(C(=O)O)c1csc(Nc2c(Cl)cc(F)cc2Cl)n1. The van der Waals surface area contributed by atoms with Crippen LogP contribution in [0.3, 0.4) is 0 Å². The van der Waals surface area contributed by atoms with Crippen molar-refractivity contribution in [3.63, 3.8) is 0 Å². The molecule has 0 amide bonds. The van der Waals surface area contributed by atoms with E-state index < -0.39 is 17.8 Å². The van der Waals surface area contributed by atoms with Crippen molar-refractivity contribution in [1.29, 1.82) is 0 Å². The van der Waals surface area contributed by atoms with E-state index in [2.05, 4.69) is 10.3 Å². The first kappa shape index (κ1) is 15.0. The quantitative estimate of drug-likeness (QED) is 0.796. The molecule has 2 aromatic rings. The molecule has 1 unspecified atom stereocenters. The topological polar surface area (TPSA) is 88.2 Å². The maximum absolute atomic E-state index is 13.1. The molecule has 0 radical (unpaired) electrons. The van der Waals surface area contributed by atoms with Crippen molar-refractivity contribution in [2.24, 2.45) is 5.73 Å². The molecule has 106 valence electrons. The van der Waals surface area contributed by atoms with Gasteiger partial charge in [0, 0.05) is 5.38 Å². The third kappa shape index (κ3) is 3.18. The van der Waals surface area contributed by atoms with Gasteiger partial charge in [0.1, 0.15) is 11.9 Å². The molecule has 0 fully saturated rings. The highest BCUT2D eigenvalue weighted by Crippen LogP contribution is 2.34. The Morgan fingerprint density at radius 1 is 1.45 bits per heavy atom. The summed E-state index contributed by atoms with van der Waals surface area (Å²) in [7, 11) is 0. The maximum atomic E-state index is 13.1. The maximum Gasteiger partial charge on any atom is 0.326 e. The van der Waals surface area contributed by atoms with Crippen LogP contribution in [0.5, 0.6) is 0 Å². The fourth-order valence-electron chi connectivity index (χ4n) is 1.38. The Hall–Kier alpha value is -1.41. The smallest absolute Gasteiger partial charge is 0.326 e. The first-order valence-electron chi connectivity index (χ1n) is 5.24. The van der Waals surface area contributed by atoms with Crippen LogP contribution in [-0.2, 0) is 4.79 Å². The number of carbonyl (C=O) groups is 1. The molecule has 0 saturated heterocycles. The van der Waals surface area contributed by atoms with E-state index in [1.165, 1.54) is 5.38 Å². The van der Waals surface area contributed by atoms with Crippen molar-refractivity contribution in [2.45, 2.75) is 6.04 Å². The van der Waals surface area contributed by atoms with Crippen LogP contribution in [0.25, 0.3) is 0 Å². The largest absolute Gasteiger partial charge is 0.480 e. The summed E-state index contributed by atoms with van der Waals surface area (Å²) in [4.78, 5) is 14.8. The van der Waals surface area contributed by atoms with Gasteiger partial charge in [-0.2, -0.15) is 0 Å². The number of thiazole rings is 1. The molecule has 2 rings (SSSR count). The molecule has 1 heterocycles. The average molecular weight is 336 g/mol. The van der Waals surface area contributed by atoms with Crippen LogP contribution in [0.15, 0.2) is 17.5 Å². The Labute approximate surface area is 127 Å². The summed E-state index contributed by atoms with van der Waals surface area (Å²) in [6, 6.07) is 1.00. The molecule has 20 heavy (non-hydrogen) atoms. The van der Waals surface area contributed by atoms with Crippen LogP contribution in [0.4, 0.5) is 15.2 Å². The molecule has 0 aliphatic heterocycles. The summed E-state index contributed by atoms with van der Waals surface area (Å²) < 4.78 is 13.1. The minimum Gasteiger partial charge on any atom is -0.480 e. The zero-order valence-corrected chi connectivity index (χ0v) is 12.1. The lowest BCUT2D eigenvalue weighted by Gasteiger charge is -2.08. The van der Waals surface area contributed by atoms with Crippen molar-refractivity contribution >= 4 is 51.3 Å². The minimum atomic E-state index is -1.21. The number of nitrogens with one attached hydrogen (secondary N) is 1. The number of anilines is 2. The number of carboxylic acid groups (broad SMARTS) is 1. The predicted octanol–water partition coefficient (Wildman–Crippen LogP) is 3.42. The van der Waals surface area contributed by atoms with Crippen molar-refractivity contribution in [2.75, 3.05) is 5.32 Å². The van der Waals surface area contributed by atoms with E-state index in [0.29, 0.717) is 10.8 Å². The second-order valence-electron chi connectivity index (χ2n) is 3.76.